The van der Waals surface area contributed by atoms with Gasteiger partial charge in [0.2, 0.25) is 15.9 Å². The highest BCUT2D eigenvalue weighted by atomic mass is 32.2. The van der Waals surface area contributed by atoms with Gasteiger partial charge in [0.15, 0.2) is 0 Å². The molecule has 1 atom stereocenters. The molecule has 2 aromatic carbocycles. The lowest BCUT2D eigenvalue weighted by Gasteiger charge is -2.36. The first kappa shape index (κ1) is 23.7. The predicted molar refractivity (Wildman–Crippen MR) is 113 cm³/mol. The number of nitrogens with zero attached hydrogens (tertiary/aromatic N) is 3. The van der Waals surface area contributed by atoms with Gasteiger partial charge in [-0.1, -0.05) is 6.07 Å². The van der Waals surface area contributed by atoms with Crippen LogP contribution in [0, 0.1) is 28.7 Å². The van der Waals surface area contributed by atoms with Crippen LogP contribution in [0.4, 0.5) is 20.2 Å². The molecule has 1 heterocycles. The number of anilines is 1. The molecular formula is C20H22F2N4O5S. The van der Waals surface area contributed by atoms with Gasteiger partial charge in [0.25, 0.3) is 5.69 Å². The summed E-state index contributed by atoms with van der Waals surface area (Å²) in [6, 6.07) is 5.69. The molecule has 1 N–H and O–H groups in total. The van der Waals surface area contributed by atoms with E-state index in [0.717, 1.165) is 24.3 Å². The van der Waals surface area contributed by atoms with Crippen molar-refractivity contribution in [2.75, 3.05) is 31.5 Å². The van der Waals surface area contributed by atoms with Crippen LogP contribution in [0.1, 0.15) is 12.5 Å². The van der Waals surface area contributed by atoms with Gasteiger partial charge in [-0.3, -0.25) is 19.8 Å². The Labute approximate surface area is 183 Å². The average molecular weight is 468 g/mol. The maximum Gasteiger partial charge on any atom is 0.270 e. The minimum atomic E-state index is -3.97. The maximum absolute atomic E-state index is 13.8. The molecule has 12 heteroatoms. The summed E-state index contributed by atoms with van der Waals surface area (Å²) < 4.78 is 54.4. The fourth-order valence-corrected chi connectivity index (χ4v) is 5.11. The fraction of sp³-hybridized carbons (Fsp3) is 0.350. The van der Waals surface area contributed by atoms with Crippen LogP contribution < -0.4 is 5.32 Å². The molecule has 9 nitrogen and oxygen atoms in total. The number of piperazine rings is 1. The third-order valence-electron chi connectivity index (χ3n) is 5.39. The molecular weight excluding hydrogens is 446 g/mol. The number of carbonyl (C=O) groups is 1. The van der Waals surface area contributed by atoms with Crippen LogP contribution in [0.5, 0.6) is 0 Å². The largest absolute Gasteiger partial charge is 0.322 e. The van der Waals surface area contributed by atoms with E-state index in [9.17, 15) is 32.1 Å². The highest BCUT2D eigenvalue weighted by molar-refractivity contribution is 7.89. The molecule has 0 saturated carbocycles. The Hall–Kier alpha value is -2.96. The third kappa shape index (κ3) is 4.92. The normalized spacial score (nSPS) is 16.5. The van der Waals surface area contributed by atoms with E-state index in [2.05, 4.69) is 5.32 Å². The topological polar surface area (TPSA) is 113 Å². The number of aryl methyl sites for hydroxylation is 1. The number of nitro benzene ring substituents is 1. The van der Waals surface area contributed by atoms with E-state index in [4.69, 9.17) is 0 Å². The molecule has 0 aliphatic carbocycles. The van der Waals surface area contributed by atoms with Crippen LogP contribution in [0.3, 0.4) is 0 Å². The summed E-state index contributed by atoms with van der Waals surface area (Å²) in [5, 5.41) is 13.4. The number of nitro groups is 1. The molecule has 0 bridgehead atoms. The van der Waals surface area contributed by atoms with Gasteiger partial charge in [0.1, 0.15) is 11.6 Å². The molecule has 1 fully saturated rings. The van der Waals surface area contributed by atoms with Gasteiger partial charge in [0, 0.05) is 44.4 Å². The van der Waals surface area contributed by atoms with Crippen molar-refractivity contribution in [3.63, 3.8) is 0 Å². The van der Waals surface area contributed by atoms with Crippen molar-refractivity contribution in [2.24, 2.45) is 0 Å². The van der Waals surface area contributed by atoms with Gasteiger partial charge < -0.3 is 5.32 Å². The van der Waals surface area contributed by atoms with Gasteiger partial charge in [-0.25, -0.2) is 17.2 Å². The molecule has 2 aromatic rings. The second-order valence-corrected chi connectivity index (χ2v) is 9.34. The lowest BCUT2D eigenvalue weighted by molar-refractivity contribution is -0.385. The number of amides is 1. The number of carbonyl (C=O) groups excluding carboxylic acids is 1. The Balaban J connectivity index is 1.68. The molecule has 1 aliphatic heterocycles. The zero-order valence-electron chi connectivity index (χ0n) is 17.4. The maximum atomic E-state index is 13.8. The van der Waals surface area contributed by atoms with Crippen LogP contribution >= 0.6 is 0 Å². The van der Waals surface area contributed by atoms with Gasteiger partial charge in [0.05, 0.1) is 21.5 Å². The van der Waals surface area contributed by atoms with Crippen LogP contribution in [0.15, 0.2) is 41.3 Å². The van der Waals surface area contributed by atoms with E-state index in [1.165, 1.54) is 16.4 Å². The SMILES string of the molecule is Cc1ccc([N+](=O)[O-])cc1S(=O)(=O)N1CCN(C(C)C(=O)Nc2cc(F)ccc2F)CC1. The molecule has 1 aliphatic rings. The summed E-state index contributed by atoms with van der Waals surface area (Å²) in [5.74, 6) is -2.01. The second-order valence-electron chi connectivity index (χ2n) is 7.44. The number of halogens is 2. The lowest BCUT2D eigenvalue weighted by Crippen LogP contribution is -2.54. The van der Waals surface area contributed by atoms with E-state index >= 15 is 0 Å². The molecule has 0 radical (unpaired) electrons. The molecule has 1 unspecified atom stereocenters. The smallest absolute Gasteiger partial charge is 0.270 e. The van der Waals surface area contributed by atoms with Gasteiger partial charge in [-0.15, -0.1) is 0 Å². The van der Waals surface area contributed by atoms with Crippen molar-refractivity contribution in [1.82, 2.24) is 9.21 Å². The van der Waals surface area contributed by atoms with E-state index < -0.39 is 38.5 Å². The number of hydrogen-bond acceptors (Lipinski definition) is 6. The number of non-ortho nitro benzene ring substituents is 1. The van der Waals surface area contributed by atoms with Gasteiger partial charge >= 0.3 is 0 Å². The predicted octanol–water partition coefficient (Wildman–Crippen LogP) is 2.51. The molecule has 32 heavy (non-hydrogen) atoms. The van der Waals surface area contributed by atoms with Crippen molar-refractivity contribution in [3.8, 4) is 0 Å². The highest BCUT2D eigenvalue weighted by Crippen LogP contribution is 2.26. The second kappa shape index (κ2) is 9.27. The monoisotopic (exact) mass is 468 g/mol. The molecule has 3 rings (SSSR count). The summed E-state index contributed by atoms with van der Waals surface area (Å²) in [6.45, 7) is 3.71. The third-order valence-corrected chi connectivity index (χ3v) is 7.43. The molecule has 0 spiro atoms. The summed E-state index contributed by atoms with van der Waals surface area (Å²) in [6.07, 6.45) is 0. The van der Waals surface area contributed by atoms with E-state index in [1.807, 2.05) is 0 Å². The number of sulfonamides is 1. The summed E-state index contributed by atoms with van der Waals surface area (Å²) in [4.78, 5) is 24.4. The molecule has 172 valence electrons. The van der Waals surface area contributed by atoms with Crippen molar-refractivity contribution >= 4 is 27.3 Å². The molecule has 1 saturated heterocycles. The Morgan fingerprint density at radius 2 is 1.78 bits per heavy atom. The summed E-state index contributed by atoms with van der Waals surface area (Å²) >= 11 is 0. The Bertz CT molecular complexity index is 1150. The van der Waals surface area contributed by atoms with Crippen LogP contribution in [0.2, 0.25) is 0 Å². The number of benzene rings is 2. The lowest BCUT2D eigenvalue weighted by atomic mass is 10.2. The van der Waals surface area contributed by atoms with Gasteiger partial charge in [-0.05, 0) is 31.5 Å². The number of nitrogens with one attached hydrogen (secondary N) is 1. The standard InChI is InChI=1S/C20H22F2N4O5S/c1-13-3-5-16(26(28)29)12-19(13)32(30,31)25-9-7-24(8-10-25)14(2)20(27)23-18-11-15(21)4-6-17(18)22/h3-6,11-12,14H,7-10H2,1-2H3,(H,23,27). The first-order valence-corrected chi connectivity index (χ1v) is 11.2. The zero-order valence-corrected chi connectivity index (χ0v) is 18.2. The first-order valence-electron chi connectivity index (χ1n) is 9.76. The molecule has 1 amide bonds. The van der Waals surface area contributed by atoms with Crippen LogP contribution in [0.25, 0.3) is 0 Å². The van der Waals surface area contributed by atoms with Crippen molar-refractivity contribution in [3.05, 3.63) is 63.7 Å². The number of rotatable bonds is 6. The van der Waals surface area contributed by atoms with E-state index in [1.54, 1.807) is 18.7 Å². The fourth-order valence-electron chi connectivity index (χ4n) is 3.45. The Kier molecular flexibility index (Phi) is 6.86. The van der Waals surface area contributed by atoms with Crippen LogP contribution in [-0.2, 0) is 14.8 Å². The minimum absolute atomic E-state index is 0.0659. The van der Waals surface area contributed by atoms with Gasteiger partial charge in [-0.2, -0.15) is 4.31 Å². The van der Waals surface area contributed by atoms with Crippen molar-refractivity contribution < 1.29 is 26.9 Å². The minimum Gasteiger partial charge on any atom is -0.322 e. The zero-order chi connectivity index (χ0) is 23.6. The van der Waals surface area contributed by atoms with Crippen LogP contribution in [-0.4, -0.2) is 60.7 Å². The first-order chi connectivity index (χ1) is 15.0. The van der Waals surface area contributed by atoms with E-state index in [0.29, 0.717) is 5.56 Å². The Morgan fingerprint density at radius 3 is 2.41 bits per heavy atom. The van der Waals surface area contributed by atoms with Crippen molar-refractivity contribution in [1.29, 1.82) is 0 Å². The quantitative estimate of drug-likeness (QED) is 0.515. The summed E-state index contributed by atoms with van der Waals surface area (Å²) in [7, 11) is -3.97. The highest BCUT2D eigenvalue weighted by Gasteiger charge is 2.33. The Morgan fingerprint density at radius 1 is 1.12 bits per heavy atom. The van der Waals surface area contributed by atoms with E-state index in [-0.39, 0.29) is 42.4 Å². The molecule has 0 aromatic heterocycles. The average Bonchev–Trinajstić information content (AvgIpc) is 2.75. The number of hydrogen-bond donors (Lipinski definition) is 1. The summed E-state index contributed by atoms with van der Waals surface area (Å²) in [5.41, 5.74) is -0.199. The van der Waals surface area contributed by atoms with Crippen molar-refractivity contribution in [2.45, 2.75) is 24.8 Å².